The summed E-state index contributed by atoms with van der Waals surface area (Å²) in [7, 11) is 0. The van der Waals surface area contributed by atoms with Crippen LogP contribution in [0.15, 0.2) is 50.7 Å². The number of benzene rings is 1. The number of aliphatic imine (C=N–C) groups is 1. The maximum absolute atomic E-state index is 12.1. The normalized spacial score (nSPS) is 18.4. The van der Waals surface area contributed by atoms with Gasteiger partial charge in [-0.3, -0.25) is 9.79 Å². The molecule has 2 aromatic rings. The molecule has 0 unspecified atom stereocenters. The molecule has 2 heterocycles. The van der Waals surface area contributed by atoms with Gasteiger partial charge >= 0.3 is 0 Å². The maximum atomic E-state index is 12.1. The third-order valence-electron chi connectivity index (χ3n) is 3.10. The van der Waals surface area contributed by atoms with Gasteiger partial charge in [0.15, 0.2) is 5.17 Å². The summed E-state index contributed by atoms with van der Waals surface area (Å²) in [5, 5.41) is 4.04. The summed E-state index contributed by atoms with van der Waals surface area (Å²) in [6, 6.07) is 11.1. The van der Waals surface area contributed by atoms with Crippen molar-refractivity contribution >= 4 is 40.5 Å². The van der Waals surface area contributed by atoms with Gasteiger partial charge < -0.3 is 9.73 Å². The van der Waals surface area contributed by atoms with E-state index >= 15 is 0 Å². The lowest BCUT2D eigenvalue weighted by molar-refractivity contribution is -0.115. The summed E-state index contributed by atoms with van der Waals surface area (Å²) < 4.78 is 5.80. The fraction of sp³-hybridized carbons (Fsp3) is 0.222. The molecular formula is C18H17ClN2O2S. The average Bonchev–Trinajstić information content (AvgIpc) is 3.05. The topological polar surface area (TPSA) is 54.6 Å². The van der Waals surface area contributed by atoms with Crippen molar-refractivity contribution in [3.8, 4) is 11.3 Å². The Labute approximate surface area is 150 Å². The number of rotatable bonds is 2. The van der Waals surface area contributed by atoms with Gasteiger partial charge in [0.2, 0.25) is 0 Å². The van der Waals surface area contributed by atoms with Gasteiger partial charge in [-0.1, -0.05) is 23.7 Å². The zero-order valence-electron chi connectivity index (χ0n) is 13.6. The quantitative estimate of drug-likeness (QED) is 0.770. The first kappa shape index (κ1) is 16.9. The van der Waals surface area contributed by atoms with Crippen LogP contribution in [0.4, 0.5) is 0 Å². The number of halogens is 1. The van der Waals surface area contributed by atoms with E-state index in [1.54, 1.807) is 6.08 Å². The second-order valence-electron chi connectivity index (χ2n) is 6.36. The minimum absolute atomic E-state index is 0.163. The molecular weight excluding hydrogens is 344 g/mol. The Morgan fingerprint density at radius 3 is 2.75 bits per heavy atom. The molecule has 0 saturated carbocycles. The predicted molar refractivity (Wildman–Crippen MR) is 100 cm³/mol. The monoisotopic (exact) mass is 360 g/mol. The Morgan fingerprint density at radius 2 is 2.04 bits per heavy atom. The number of amides is 1. The van der Waals surface area contributed by atoms with Gasteiger partial charge in [0.1, 0.15) is 11.5 Å². The van der Waals surface area contributed by atoms with Crippen LogP contribution < -0.4 is 5.32 Å². The van der Waals surface area contributed by atoms with Gasteiger partial charge in [-0.25, -0.2) is 0 Å². The molecule has 0 bridgehead atoms. The molecule has 0 radical (unpaired) electrons. The van der Waals surface area contributed by atoms with Crippen LogP contribution in [-0.4, -0.2) is 16.6 Å². The molecule has 6 heteroatoms. The molecule has 1 aliphatic rings. The average molecular weight is 361 g/mol. The van der Waals surface area contributed by atoms with Gasteiger partial charge in [0.25, 0.3) is 5.91 Å². The Balaban J connectivity index is 1.83. The molecule has 3 rings (SSSR count). The molecule has 1 aromatic carbocycles. The smallest absolute Gasteiger partial charge is 0.264 e. The first-order valence-corrected chi connectivity index (χ1v) is 8.66. The van der Waals surface area contributed by atoms with Crippen molar-refractivity contribution in [3.05, 3.63) is 52.1 Å². The van der Waals surface area contributed by atoms with Crippen LogP contribution in [0.5, 0.6) is 0 Å². The third kappa shape index (κ3) is 4.10. The van der Waals surface area contributed by atoms with Crippen molar-refractivity contribution in [1.82, 2.24) is 5.32 Å². The first-order valence-electron chi connectivity index (χ1n) is 7.47. The number of amidine groups is 1. The van der Waals surface area contributed by atoms with E-state index in [1.165, 1.54) is 11.8 Å². The van der Waals surface area contributed by atoms with Crippen LogP contribution in [0.3, 0.4) is 0 Å². The molecule has 0 spiro atoms. The van der Waals surface area contributed by atoms with Gasteiger partial charge in [-0.15, -0.1) is 0 Å². The molecule has 1 amide bonds. The van der Waals surface area contributed by atoms with E-state index in [-0.39, 0.29) is 11.4 Å². The Hall–Kier alpha value is -1.98. The van der Waals surface area contributed by atoms with Crippen molar-refractivity contribution in [1.29, 1.82) is 0 Å². The molecule has 1 N–H and O–H groups in total. The molecule has 24 heavy (non-hydrogen) atoms. The second-order valence-corrected chi connectivity index (χ2v) is 7.83. The Kier molecular flexibility index (Phi) is 4.56. The molecule has 0 atom stereocenters. The standard InChI is InChI=1S/C18H17ClN2O2S/c1-18(2,3)21-17-20-16(22)15(24-17)10-13-7-8-14(23-13)11-5-4-6-12(19)9-11/h4-10H,1-3H3,(H,20,21,22)/b15-10-. The van der Waals surface area contributed by atoms with Crippen molar-refractivity contribution in [2.45, 2.75) is 26.3 Å². The lowest BCUT2D eigenvalue weighted by atomic mass is 10.1. The summed E-state index contributed by atoms with van der Waals surface area (Å²) in [5.74, 6) is 1.15. The predicted octanol–water partition coefficient (Wildman–Crippen LogP) is 4.96. The molecule has 0 aliphatic carbocycles. The lowest BCUT2D eigenvalue weighted by Gasteiger charge is -2.11. The summed E-state index contributed by atoms with van der Waals surface area (Å²) in [6.45, 7) is 5.95. The summed E-state index contributed by atoms with van der Waals surface area (Å²) in [5.41, 5.74) is 0.654. The van der Waals surface area contributed by atoms with Gasteiger partial charge in [-0.05, 0) is 56.8 Å². The summed E-state index contributed by atoms with van der Waals surface area (Å²) in [4.78, 5) is 17.1. The van der Waals surface area contributed by atoms with Crippen LogP contribution >= 0.6 is 23.4 Å². The number of furan rings is 1. The van der Waals surface area contributed by atoms with Crippen LogP contribution in [0.1, 0.15) is 26.5 Å². The SMILES string of the molecule is CC(C)(C)N=C1NC(=O)/C(=C/c2ccc(-c3cccc(Cl)c3)o2)S1. The van der Waals surface area contributed by atoms with Crippen LogP contribution in [0, 0.1) is 0 Å². The number of thioether (sulfide) groups is 1. The number of nitrogens with one attached hydrogen (secondary N) is 1. The first-order chi connectivity index (χ1) is 11.3. The maximum Gasteiger partial charge on any atom is 0.264 e. The lowest BCUT2D eigenvalue weighted by Crippen LogP contribution is -2.23. The molecule has 1 aliphatic heterocycles. The van der Waals surface area contributed by atoms with E-state index in [9.17, 15) is 4.79 Å². The van der Waals surface area contributed by atoms with Gasteiger partial charge in [0.05, 0.1) is 10.4 Å². The number of hydrogen-bond donors (Lipinski definition) is 1. The third-order valence-corrected chi connectivity index (χ3v) is 4.24. The van der Waals surface area contributed by atoms with E-state index in [4.69, 9.17) is 16.0 Å². The number of hydrogen-bond acceptors (Lipinski definition) is 4. The molecule has 4 nitrogen and oxygen atoms in total. The highest BCUT2D eigenvalue weighted by Gasteiger charge is 2.25. The number of nitrogens with zero attached hydrogens (tertiary/aromatic N) is 1. The zero-order valence-corrected chi connectivity index (χ0v) is 15.2. The second kappa shape index (κ2) is 6.49. The van der Waals surface area contributed by atoms with Gasteiger partial charge in [-0.2, -0.15) is 0 Å². The van der Waals surface area contributed by atoms with E-state index in [0.717, 1.165) is 5.56 Å². The van der Waals surface area contributed by atoms with Crippen molar-refractivity contribution < 1.29 is 9.21 Å². The molecule has 124 valence electrons. The Bertz CT molecular complexity index is 847. The van der Waals surface area contributed by atoms with Crippen molar-refractivity contribution in [3.63, 3.8) is 0 Å². The highest BCUT2D eigenvalue weighted by molar-refractivity contribution is 8.18. The van der Waals surface area contributed by atoms with Crippen LogP contribution in [-0.2, 0) is 4.79 Å². The van der Waals surface area contributed by atoms with E-state index in [0.29, 0.717) is 26.6 Å². The van der Waals surface area contributed by atoms with E-state index in [1.807, 2.05) is 57.2 Å². The minimum atomic E-state index is -0.241. The molecule has 1 fully saturated rings. The van der Waals surface area contributed by atoms with Crippen LogP contribution in [0.25, 0.3) is 17.4 Å². The number of carbonyl (C=O) groups excluding carboxylic acids is 1. The zero-order chi connectivity index (χ0) is 17.3. The highest BCUT2D eigenvalue weighted by atomic mass is 35.5. The van der Waals surface area contributed by atoms with Gasteiger partial charge in [0, 0.05) is 16.7 Å². The Morgan fingerprint density at radius 1 is 1.25 bits per heavy atom. The fourth-order valence-corrected chi connectivity index (χ4v) is 3.32. The molecule has 1 aromatic heterocycles. The van der Waals surface area contributed by atoms with Crippen molar-refractivity contribution in [2.24, 2.45) is 4.99 Å². The highest BCUT2D eigenvalue weighted by Crippen LogP contribution is 2.30. The number of carbonyl (C=O) groups is 1. The van der Waals surface area contributed by atoms with Crippen molar-refractivity contribution in [2.75, 3.05) is 0 Å². The van der Waals surface area contributed by atoms with Crippen LogP contribution in [0.2, 0.25) is 5.02 Å². The fourth-order valence-electron chi connectivity index (χ4n) is 2.14. The summed E-state index contributed by atoms with van der Waals surface area (Å²) in [6.07, 6.45) is 1.72. The van der Waals surface area contributed by atoms with E-state index in [2.05, 4.69) is 10.3 Å². The van der Waals surface area contributed by atoms with E-state index < -0.39 is 0 Å². The molecule has 1 saturated heterocycles. The minimum Gasteiger partial charge on any atom is -0.457 e. The summed E-state index contributed by atoms with van der Waals surface area (Å²) >= 11 is 7.32. The largest absolute Gasteiger partial charge is 0.457 e.